The monoisotopic (exact) mass is 1630 g/mol. The molecular formula is C71H116N11O24P3S. The first-order valence-corrected chi connectivity index (χ1v) is 42.7. The van der Waals surface area contributed by atoms with Crippen molar-refractivity contribution >= 4 is 99.3 Å². The van der Waals surface area contributed by atoms with Crippen molar-refractivity contribution in [2.45, 2.75) is 214 Å². The minimum atomic E-state index is -5.63. The average molecular weight is 1630 g/mol. The number of likely N-dealkylation sites (N-methyl/N-ethyl adjacent to an activating group) is 2. The van der Waals surface area contributed by atoms with Crippen LogP contribution in [0.5, 0.6) is 0 Å². The molecule has 12 N–H and O–H groups in total. The lowest BCUT2D eigenvalue weighted by Gasteiger charge is -2.41. The fraction of sp³-hybridized carbons (Fsp3) is 0.704. The number of aliphatic hydroxyl groups excluding tert-OH is 2. The molecular weight excluding hydrogens is 1520 g/mol. The summed E-state index contributed by atoms with van der Waals surface area (Å²) in [4.78, 5) is 165. The minimum Gasteiger partial charge on any atom is -0.481 e. The van der Waals surface area contributed by atoms with Crippen LogP contribution < -0.4 is 21.7 Å². The molecule has 35 nitrogen and oxygen atoms in total. The molecule has 0 spiro atoms. The molecule has 3 aromatic rings. The summed E-state index contributed by atoms with van der Waals surface area (Å²) >= 11 is 1.34. The number of nitrogen functional groups attached to an aromatic ring is 1. The Balaban J connectivity index is 0.970. The van der Waals surface area contributed by atoms with Gasteiger partial charge in [0.2, 0.25) is 29.5 Å². The lowest BCUT2D eigenvalue weighted by molar-refractivity contribution is -0.146. The molecule has 39 heteroatoms. The number of aromatic nitrogens is 4. The van der Waals surface area contributed by atoms with Crippen LogP contribution in [0, 0.1) is 40.9 Å². The van der Waals surface area contributed by atoms with E-state index in [1.54, 1.807) is 23.8 Å². The lowest BCUT2D eigenvalue weighted by atomic mass is 9.84. The molecule has 16 unspecified atom stereocenters. The molecule has 0 bridgehead atoms. The summed E-state index contributed by atoms with van der Waals surface area (Å²) in [6.45, 7) is 20.6. The molecule has 1 aromatic carbocycles. The van der Waals surface area contributed by atoms with Crippen LogP contribution in [0.1, 0.15) is 158 Å². The van der Waals surface area contributed by atoms with Gasteiger partial charge in [0.15, 0.2) is 17.7 Å². The number of ether oxygens (including phenoxy) is 2. The second-order valence-electron chi connectivity index (χ2n) is 29.9. The van der Waals surface area contributed by atoms with Crippen LogP contribution in [0.2, 0.25) is 0 Å². The fourth-order valence-corrected chi connectivity index (χ4v) is 17.4. The largest absolute Gasteiger partial charge is 0.481 e. The number of nitrogens with two attached hydrogens (primary N) is 1. The Morgan fingerprint density at radius 2 is 1.49 bits per heavy atom. The topological polar surface area (TPSA) is 500 Å². The van der Waals surface area contributed by atoms with Gasteiger partial charge in [0.05, 0.1) is 43.4 Å². The van der Waals surface area contributed by atoms with E-state index in [4.69, 9.17) is 24.3 Å². The molecule has 5 rings (SSSR count). The van der Waals surface area contributed by atoms with Gasteiger partial charge in [0.1, 0.15) is 59.9 Å². The van der Waals surface area contributed by atoms with Crippen LogP contribution in [-0.4, -0.2) is 236 Å². The number of methoxy groups -OCH3 is 1. The molecule has 2 fully saturated rings. The molecule has 0 aliphatic carbocycles. The molecule has 0 saturated carbocycles. The summed E-state index contributed by atoms with van der Waals surface area (Å²) in [5.74, 6) is -5.23. The third-order valence-corrected chi connectivity index (χ3v) is 24.2. The number of benzene rings is 1. The van der Waals surface area contributed by atoms with Gasteiger partial charge in [-0.2, -0.15) is 16.1 Å². The summed E-state index contributed by atoms with van der Waals surface area (Å²) in [7, 11) is -11.5. The maximum Gasteiger partial charge on any atom is 0.481 e. The predicted octanol–water partition coefficient (Wildman–Crippen LogP) is 6.10. The first kappa shape index (κ1) is 94.4. The van der Waals surface area contributed by atoms with Gasteiger partial charge in [-0.1, -0.05) is 125 Å². The van der Waals surface area contributed by atoms with Crippen molar-refractivity contribution in [2.75, 3.05) is 71.3 Å². The number of anilines is 1. The third kappa shape index (κ3) is 28.1. The Bertz CT molecular complexity index is 3720. The van der Waals surface area contributed by atoms with E-state index in [1.807, 2.05) is 83.8 Å². The number of nitrogens with zero attached hydrogens (tertiary/aromatic N) is 7. The number of phosphoric acid groups is 3. The van der Waals surface area contributed by atoms with Crippen molar-refractivity contribution in [3.63, 3.8) is 0 Å². The van der Waals surface area contributed by atoms with E-state index in [-0.39, 0.29) is 121 Å². The number of Topliss-reactive ketones (excluding diaryl/α,β-unsaturated/α-hetero) is 2. The Morgan fingerprint density at radius 3 is 2.11 bits per heavy atom. The van der Waals surface area contributed by atoms with Gasteiger partial charge in [-0.25, -0.2) is 28.6 Å². The van der Waals surface area contributed by atoms with E-state index in [9.17, 15) is 86.9 Å². The van der Waals surface area contributed by atoms with E-state index >= 15 is 0 Å². The smallest absolute Gasteiger partial charge is 0.481 e. The quantitative estimate of drug-likeness (QED) is 0.0224. The number of nitrogens with one attached hydrogen (secondary N) is 3. The van der Waals surface area contributed by atoms with Crippen molar-refractivity contribution in [1.82, 2.24) is 50.2 Å². The number of likely N-dealkylation sites (tertiary alicyclic amines) is 1. The number of amides is 5. The van der Waals surface area contributed by atoms with Crippen LogP contribution in [0.25, 0.3) is 11.2 Å². The van der Waals surface area contributed by atoms with E-state index in [0.717, 1.165) is 47.7 Å². The Kier molecular flexibility index (Phi) is 37.2. The zero-order chi connectivity index (χ0) is 82.3. The van der Waals surface area contributed by atoms with Gasteiger partial charge in [0.25, 0.3) is 0 Å². The second kappa shape index (κ2) is 43.4. The maximum absolute atomic E-state index is 14.8. The van der Waals surface area contributed by atoms with Crippen molar-refractivity contribution in [3.8, 4) is 0 Å². The molecule has 110 heavy (non-hydrogen) atoms. The highest BCUT2D eigenvalue weighted by molar-refractivity contribution is 7.99. The number of unbranched alkanes of at least 4 members (excludes halogenated alkanes) is 3. The number of carbonyl (C=O) groups is 8. The number of carboxylic acid groups (broad SMARTS) is 1. The zero-order valence-electron chi connectivity index (χ0n) is 65.2. The molecule has 2 saturated heterocycles. The van der Waals surface area contributed by atoms with Gasteiger partial charge < -0.3 is 80.8 Å². The van der Waals surface area contributed by atoms with Gasteiger partial charge in [-0.3, -0.25) is 56.5 Å². The number of allylic oxidation sites excluding steroid dienone is 1. The van der Waals surface area contributed by atoms with Crippen LogP contribution >= 0.6 is 35.2 Å². The summed E-state index contributed by atoms with van der Waals surface area (Å²) < 4.78 is 68.9. The minimum absolute atomic E-state index is 0.0141. The standard InChI is InChI=1S/C71H116N11O24P3S/c1-15-44(6)59(45(7)34-55(86)81-32-23-28-51(81)61(101-14)47(9)52(84)36-49(70(92)93)35-48-25-20-18-21-26-48)80(13)68(91)56(42(2)3)78-66(89)58(43(4)5)79(12)46(8)24-19-16-17-22-27-50(83)38-110-33-31-73-54(85)29-30-74-67(90)63(88)71(10,11)39-103-109(99,100)106-108(97,98)102-37-53-62(105-107(94,95)96)60(87)69(104-53)82-41-77-57-64(72)75-40-76-65(57)82/h18,20-21,25-26,40-45,47,49,51,53,56,58-63,69,87-88H,8,15-17,19,22-24,27-39H2,1-7,9-14H3,(H,73,85)(H,74,90)(H,78,89)(H,92,93)(H,97,98)(H,99,100)(H2,72,75,76)(H2,94,95,96). The lowest BCUT2D eigenvalue weighted by Crippen LogP contribution is -2.58. The number of phosphoric ester groups is 3. The summed E-state index contributed by atoms with van der Waals surface area (Å²) in [6.07, 6.45) is -1.65. The molecule has 620 valence electrons. The van der Waals surface area contributed by atoms with Crippen molar-refractivity contribution in [3.05, 3.63) is 60.8 Å². The number of fused-ring (bicyclic) bond motifs is 1. The highest BCUT2D eigenvalue weighted by Gasteiger charge is 2.51. The predicted molar refractivity (Wildman–Crippen MR) is 407 cm³/mol. The summed E-state index contributed by atoms with van der Waals surface area (Å²) in [5, 5.41) is 40.0. The SMILES string of the molecule is C=C(CCCCCCC(=O)CSCCNC(=O)CCNC(=O)C(O)C(C)(C)COP(=O)(O)OP(=O)(O)OCC1OC(n2cnc3c(N)ncnc32)C(O)C1OP(=O)(O)O)N(C)C(C(=O)NC(C(=O)N(C)C(C(C)CC)C(C)CC(=O)N1CCCC1C(OC)C(C)C(=O)CC(Cc1ccccc1)C(=O)O)C(C)C)C(C)C. The van der Waals surface area contributed by atoms with E-state index in [0.29, 0.717) is 50.8 Å². The van der Waals surface area contributed by atoms with Gasteiger partial charge in [-0.15, -0.1) is 0 Å². The molecule has 2 aromatic heterocycles. The van der Waals surface area contributed by atoms with Crippen LogP contribution in [0.4, 0.5) is 5.82 Å². The number of hydrogen-bond donors (Lipinski definition) is 11. The van der Waals surface area contributed by atoms with Gasteiger partial charge in [0, 0.05) is 95.3 Å². The summed E-state index contributed by atoms with van der Waals surface area (Å²) in [6, 6.07) is 6.85. The number of thioether (sulfide) groups is 1. The molecule has 2 aliphatic rings. The number of ketones is 2. The first-order chi connectivity index (χ1) is 51.5. The number of rotatable bonds is 50. The number of imidazole rings is 1. The van der Waals surface area contributed by atoms with Crippen molar-refractivity contribution in [1.29, 1.82) is 0 Å². The number of carboxylic acids is 1. The van der Waals surface area contributed by atoms with Crippen LogP contribution in [0.3, 0.4) is 0 Å². The molecule has 2 aliphatic heterocycles. The number of hydrogen-bond acceptors (Lipinski definition) is 25. The molecule has 4 heterocycles. The number of aliphatic hydroxyl groups is 2. The second-order valence-corrected chi connectivity index (χ2v) is 35.2. The molecule has 5 amide bonds. The normalized spacial score (nSPS) is 20.5. The average Bonchev–Trinajstić information content (AvgIpc) is 1.61. The van der Waals surface area contributed by atoms with E-state index < -0.39 is 127 Å². The number of aliphatic carboxylic acids is 1. The Labute approximate surface area is 647 Å². The molecule has 0 radical (unpaired) electrons. The third-order valence-electron chi connectivity index (χ3n) is 20.1. The van der Waals surface area contributed by atoms with Crippen LogP contribution in [0.15, 0.2) is 55.3 Å². The van der Waals surface area contributed by atoms with Crippen LogP contribution in [-0.2, 0) is 85.8 Å². The zero-order valence-corrected chi connectivity index (χ0v) is 68.7. The number of carbonyl (C=O) groups excluding carboxylic acids is 7. The summed E-state index contributed by atoms with van der Waals surface area (Å²) in [5.41, 5.74) is 5.79. The molecule has 16 atom stereocenters. The van der Waals surface area contributed by atoms with E-state index in [1.165, 1.54) is 32.7 Å². The highest BCUT2D eigenvalue weighted by Crippen LogP contribution is 2.61. The van der Waals surface area contributed by atoms with Crippen molar-refractivity contribution in [2.24, 2.45) is 40.9 Å². The first-order valence-electron chi connectivity index (χ1n) is 37.0. The van der Waals surface area contributed by atoms with E-state index in [2.05, 4.69) is 53.2 Å². The fourth-order valence-electron chi connectivity index (χ4n) is 13.9. The maximum atomic E-state index is 14.8. The Morgan fingerprint density at radius 1 is 0.836 bits per heavy atom. The van der Waals surface area contributed by atoms with Gasteiger partial charge in [-0.05, 0) is 67.8 Å². The van der Waals surface area contributed by atoms with Gasteiger partial charge >= 0.3 is 29.4 Å². The Hall–Kier alpha value is -6.17. The highest BCUT2D eigenvalue weighted by atomic mass is 32.2. The van der Waals surface area contributed by atoms with Crippen molar-refractivity contribution < 1.29 is 114 Å².